The van der Waals surface area contributed by atoms with Crippen molar-refractivity contribution in [3.8, 4) is 11.5 Å². The first-order chi connectivity index (χ1) is 13.9. The zero-order valence-corrected chi connectivity index (χ0v) is 18.4. The van der Waals surface area contributed by atoms with Crippen LogP contribution < -0.4 is 9.47 Å². The lowest BCUT2D eigenvalue weighted by Crippen LogP contribution is -2.46. The van der Waals surface area contributed by atoms with E-state index in [1.807, 2.05) is 24.6 Å². The lowest BCUT2D eigenvalue weighted by Gasteiger charge is -2.40. The number of methoxy groups -OCH3 is 2. The van der Waals surface area contributed by atoms with Gasteiger partial charge in [-0.15, -0.1) is 11.3 Å². The average Bonchev–Trinajstić information content (AvgIpc) is 3.27. The second-order valence-corrected chi connectivity index (χ2v) is 8.24. The summed E-state index contributed by atoms with van der Waals surface area (Å²) < 4.78 is 10.9. The molecule has 0 fully saturated rings. The molecule has 156 valence electrons. The molecule has 6 nitrogen and oxygen atoms in total. The fraction of sp³-hybridized carbons (Fsp3) is 0.455. The van der Waals surface area contributed by atoms with Crippen molar-refractivity contribution in [2.75, 3.05) is 34.9 Å². The van der Waals surface area contributed by atoms with Gasteiger partial charge >= 0.3 is 0 Å². The summed E-state index contributed by atoms with van der Waals surface area (Å²) in [5.74, 6) is 0.368. The Bertz CT molecular complexity index is 881. The number of amides is 2. The Morgan fingerprint density at radius 2 is 1.93 bits per heavy atom. The number of benzene rings is 1. The van der Waals surface area contributed by atoms with E-state index in [0.717, 1.165) is 17.7 Å². The molecule has 1 aliphatic rings. The van der Waals surface area contributed by atoms with E-state index in [1.165, 1.54) is 7.11 Å². The standard InChI is InChI=1S/C22H28N2O4S/c1-6-7-10-23(2)22(26)19-14-12-16(27-4)17(28-5)13-15(14)21(25)24(3)20(19)18-9-8-11-29-18/h8-9,11-13,19-20H,6-7,10H2,1-5H3/t19-,20+/m1/s1. The van der Waals surface area contributed by atoms with Crippen LogP contribution in [0.2, 0.25) is 0 Å². The van der Waals surface area contributed by atoms with Crippen molar-refractivity contribution in [2.45, 2.75) is 31.7 Å². The van der Waals surface area contributed by atoms with Crippen LogP contribution in [0, 0.1) is 0 Å². The van der Waals surface area contributed by atoms with Crippen LogP contribution in [0.15, 0.2) is 29.6 Å². The minimum absolute atomic E-state index is 0.00432. The summed E-state index contributed by atoms with van der Waals surface area (Å²) in [6, 6.07) is 7.05. The molecule has 3 rings (SSSR count). The molecule has 0 bridgehead atoms. The van der Waals surface area contributed by atoms with Gasteiger partial charge in [0.2, 0.25) is 5.91 Å². The van der Waals surface area contributed by atoms with Crippen LogP contribution in [-0.4, -0.2) is 56.5 Å². The summed E-state index contributed by atoms with van der Waals surface area (Å²) in [5, 5.41) is 1.97. The van der Waals surface area contributed by atoms with Crippen LogP contribution in [0.25, 0.3) is 0 Å². The zero-order chi connectivity index (χ0) is 21.1. The number of carbonyl (C=O) groups is 2. The van der Waals surface area contributed by atoms with Crippen molar-refractivity contribution in [3.05, 3.63) is 45.6 Å². The Hall–Kier alpha value is -2.54. The van der Waals surface area contributed by atoms with Crippen LogP contribution in [-0.2, 0) is 4.79 Å². The highest BCUT2D eigenvalue weighted by Crippen LogP contribution is 2.47. The molecule has 0 aliphatic carbocycles. The van der Waals surface area contributed by atoms with E-state index in [9.17, 15) is 9.59 Å². The minimum Gasteiger partial charge on any atom is -0.493 e. The Morgan fingerprint density at radius 1 is 1.24 bits per heavy atom. The summed E-state index contributed by atoms with van der Waals surface area (Å²) >= 11 is 1.56. The highest BCUT2D eigenvalue weighted by Gasteiger charge is 2.44. The number of likely N-dealkylation sites (N-methyl/N-ethyl adjacent to an activating group) is 2. The van der Waals surface area contributed by atoms with Gasteiger partial charge in [0, 0.05) is 31.1 Å². The monoisotopic (exact) mass is 416 g/mol. The largest absolute Gasteiger partial charge is 0.493 e. The van der Waals surface area contributed by atoms with Gasteiger partial charge in [0.15, 0.2) is 11.5 Å². The fourth-order valence-electron chi connectivity index (χ4n) is 3.87. The Balaban J connectivity index is 2.17. The molecule has 29 heavy (non-hydrogen) atoms. The lowest BCUT2D eigenvalue weighted by atomic mass is 9.81. The van der Waals surface area contributed by atoms with Crippen molar-refractivity contribution in [3.63, 3.8) is 0 Å². The van der Waals surface area contributed by atoms with Gasteiger partial charge in [0.05, 0.1) is 26.2 Å². The quantitative estimate of drug-likeness (QED) is 0.686. The van der Waals surface area contributed by atoms with Gasteiger partial charge in [-0.05, 0) is 35.6 Å². The summed E-state index contributed by atoms with van der Waals surface area (Å²) in [6.07, 6.45) is 1.95. The molecule has 2 amide bonds. The van der Waals surface area contributed by atoms with Gasteiger partial charge in [-0.2, -0.15) is 0 Å². The first kappa shape index (κ1) is 21.2. The van der Waals surface area contributed by atoms with E-state index in [0.29, 0.717) is 29.2 Å². The SMILES string of the molecule is CCCCN(C)C(=O)[C@@H]1c2cc(OC)c(OC)cc2C(=O)N(C)[C@H]1c1cccs1. The minimum atomic E-state index is -0.506. The number of unbranched alkanes of at least 4 members (excludes halogenated alkanes) is 1. The van der Waals surface area contributed by atoms with Gasteiger partial charge < -0.3 is 19.3 Å². The predicted molar refractivity (Wildman–Crippen MR) is 114 cm³/mol. The normalized spacial score (nSPS) is 18.4. The van der Waals surface area contributed by atoms with Crippen LogP contribution >= 0.6 is 11.3 Å². The highest BCUT2D eigenvalue weighted by atomic mass is 32.1. The molecule has 1 aliphatic heterocycles. The first-order valence-corrected chi connectivity index (χ1v) is 10.6. The van der Waals surface area contributed by atoms with Crippen LogP contribution in [0.3, 0.4) is 0 Å². The van der Waals surface area contributed by atoms with Crippen LogP contribution in [0.4, 0.5) is 0 Å². The Morgan fingerprint density at radius 3 is 2.52 bits per heavy atom. The molecule has 0 N–H and O–H groups in total. The number of carbonyl (C=O) groups excluding carboxylic acids is 2. The van der Waals surface area contributed by atoms with E-state index >= 15 is 0 Å². The number of fused-ring (bicyclic) bond motifs is 1. The van der Waals surface area contributed by atoms with Crippen molar-refractivity contribution in [2.24, 2.45) is 0 Å². The summed E-state index contributed by atoms with van der Waals surface area (Å²) in [5.41, 5.74) is 1.18. The highest BCUT2D eigenvalue weighted by molar-refractivity contribution is 7.10. The van der Waals surface area contributed by atoms with Crippen molar-refractivity contribution in [1.29, 1.82) is 0 Å². The van der Waals surface area contributed by atoms with Gasteiger partial charge in [-0.25, -0.2) is 0 Å². The zero-order valence-electron chi connectivity index (χ0n) is 17.6. The second-order valence-electron chi connectivity index (χ2n) is 7.26. The molecular formula is C22H28N2O4S. The van der Waals surface area contributed by atoms with Crippen LogP contribution in [0.1, 0.15) is 52.5 Å². The summed E-state index contributed by atoms with van der Waals surface area (Å²) in [7, 11) is 6.69. The summed E-state index contributed by atoms with van der Waals surface area (Å²) in [6.45, 7) is 2.79. The molecule has 2 aromatic rings. The molecule has 0 spiro atoms. The lowest BCUT2D eigenvalue weighted by molar-refractivity contribution is -0.133. The number of thiophene rings is 1. The third-order valence-electron chi connectivity index (χ3n) is 5.50. The molecule has 2 heterocycles. The summed E-state index contributed by atoms with van der Waals surface area (Å²) in [4.78, 5) is 31.3. The second kappa shape index (κ2) is 8.86. The number of nitrogens with zero attached hydrogens (tertiary/aromatic N) is 2. The molecule has 0 saturated heterocycles. The maximum Gasteiger partial charge on any atom is 0.254 e. The van der Waals surface area contributed by atoms with Crippen molar-refractivity contribution >= 4 is 23.2 Å². The van der Waals surface area contributed by atoms with E-state index in [2.05, 4.69) is 6.92 Å². The van der Waals surface area contributed by atoms with Gasteiger partial charge in [0.25, 0.3) is 5.91 Å². The number of ether oxygens (including phenoxy) is 2. The molecule has 0 radical (unpaired) electrons. The molecular weight excluding hydrogens is 388 g/mol. The molecule has 7 heteroatoms. The van der Waals surface area contributed by atoms with E-state index in [-0.39, 0.29) is 17.9 Å². The van der Waals surface area contributed by atoms with Gasteiger partial charge in [-0.3, -0.25) is 9.59 Å². The van der Waals surface area contributed by atoms with Crippen LogP contribution in [0.5, 0.6) is 11.5 Å². The number of rotatable bonds is 7. The molecule has 0 unspecified atom stereocenters. The van der Waals surface area contributed by atoms with Gasteiger partial charge in [-0.1, -0.05) is 19.4 Å². The Labute approximate surface area is 176 Å². The first-order valence-electron chi connectivity index (χ1n) is 9.76. The molecule has 2 atom stereocenters. The predicted octanol–water partition coefficient (Wildman–Crippen LogP) is 3.93. The Kier molecular flexibility index (Phi) is 6.47. The molecule has 1 aromatic carbocycles. The molecule has 1 aromatic heterocycles. The van der Waals surface area contributed by atoms with Crippen molar-refractivity contribution in [1.82, 2.24) is 9.80 Å². The number of hydrogen-bond donors (Lipinski definition) is 0. The smallest absolute Gasteiger partial charge is 0.254 e. The fourth-order valence-corrected chi connectivity index (χ4v) is 4.78. The third-order valence-corrected chi connectivity index (χ3v) is 6.44. The van der Waals surface area contributed by atoms with E-state index in [1.54, 1.807) is 47.4 Å². The maximum atomic E-state index is 13.6. The topological polar surface area (TPSA) is 59.1 Å². The third kappa shape index (κ3) is 3.83. The number of hydrogen-bond acceptors (Lipinski definition) is 5. The van der Waals surface area contributed by atoms with Gasteiger partial charge in [0.1, 0.15) is 0 Å². The van der Waals surface area contributed by atoms with E-state index in [4.69, 9.17) is 9.47 Å². The maximum absolute atomic E-state index is 13.6. The van der Waals surface area contributed by atoms with E-state index < -0.39 is 5.92 Å². The molecule has 0 saturated carbocycles. The van der Waals surface area contributed by atoms with Crippen molar-refractivity contribution < 1.29 is 19.1 Å². The average molecular weight is 417 g/mol.